The third-order valence-electron chi connectivity index (χ3n) is 10.7. The van der Waals surface area contributed by atoms with Gasteiger partial charge in [0.25, 0.3) is 0 Å². The number of anilines is 3. The van der Waals surface area contributed by atoms with E-state index in [9.17, 15) is 0 Å². The standard InChI is InChI=1S/C47H29NO2/c1-2-15-31(16-3-1)48(40-24-13-27-43-45(40)34-19-7-10-25-41(34)49-43)39-23-12-22-37-44(39)33-18-6-8-20-35(33)47(37)36-21-9-11-26-42(36)50-46-32-17-5-4-14-30(32)28-29-38(46)47/h1-29H. The molecular formula is C47H29NO2. The average Bonchev–Trinajstić information content (AvgIpc) is 3.71. The lowest BCUT2D eigenvalue weighted by Crippen LogP contribution is -2.32. The minimum Gasteiger partial charge on any atom is -0.456 e. The molecule has 0 fully saturated rings. The Morgan fingerprint density at radius 1 is 0.440 bits per heavy atom. The van der Waals surface area contributed by atoms with Gasteiger partial charge < -0.3 is 14.1 Å². The number of hydrogen-bond acceptors (Lipinski definition) is 3. The van der Waals surface area contributed by atoms with Crippen LogP contribution in [0.15, 0.2) is 180 Å². The van der Waals surface area contributed by atoms with Crippen molar-refractivity contribution in [1.82, 2.24) is 0 Å². The predicted molar refractivity (Wildman–Crippen MR) is 203 cm³/mol. The van der Waals surface area contributed by atoms with Crippen molar-refractivity contribution in [2.75, 3.05) is 4.90 Å². The van der Waals surface area contributed by atoms with Crippen LogP contribution in [-0.4, -0.2) is 0 Å². The summed E-state index contributed by atoms with van der Waals surface area (Å²) in [7, 11) is 0. The quantitative estimate of drug-likeness (QED) is 0.192. The molecule has 1 aromatic heterocycles. The first-order chi connectivity index (χ1) is 24.8. The SMILES string of the molecule is c1ccc(N(c2cccc3c2-c2ccccc2C32c3ccccc3Oc3c2ccc2ccccc32)c2cccc3oc4ccccc4c23)cc1. The Balaban J connectivity index is 1.28. The van der Waals surface area contributed by atoms with Crippen molar-refractivity contribution in [2.45, 2.75) is 5.41 Å². The lowest BCUT2D eigenvalue weighted by atomic mass is 9.65. The normalized spacial score (nSPS) is 15.4. The van der Waals surface area contributed by atoms with Crippen LogP contribution in [0.5, 0.6) is 11.5 Å². The second-order valence-corrected chi connectivity index (χ2v) is 13.2. The molecule has 0 N–H and O–H groups in total. The summed E-state index contributed by atoms with van der Waals surface area (Å²) in [4.78, 5) is 2.42. The summed E-state index contributed by atoms with van der Waals surface area (Å²) in [6.45, 7) is 0. The maximum absolute atomic E-state index is 6.88. The van der Waals surface area contributed by atoms with Gasteiger partial charge in [0.2, 0.25) is 0 Å². The van der Waals surface area contributed by atoms with Crippen LogP contribution in [0.1, 0.15) is 22.3 Å². The monoisotopic (exact) mass is 639 g/mol. The highest BCUT2D eigenvalue weighted by atomic mass is 16.5. The predicted octanol–water partition coefficient (Wildman–Crippen LogP) is 12.7. The Labute approximate surface area is 289 Å². The summed E-state index contributed by atoms with van der Waals surface area (Å²) in [6, 6.07) is 62.9. The van der Waals surface area contributed by atoms with Gasteiger partial charge in [-0.05, 0) is 64.5 Å². The van der Waals surface area contributed by atoms with Crippen molar-refractivity contribution < 1.29 is 9.15 Å². The summed E-state index contributed by atoms with van der Waals surface area (Å²) >= 11 is 0. The van der Waals surface area contributed by atoms with Gasteiger partial charge >= 0.3 is 0 Å². The molecule has 1 aliphatic carbocycles. The summed E-state index contributed by atoms with van der Waals surface area (Å²) in [5.74, 6) is 1.81. The van der Waals surface area contributed by atoms with Crippen LogP contribution >= 0.6 is 0 Å². The number of para-hydroxylation sites is 3. The van der Waals surface area contributed by atoms with Crippen LogP contribution in [-0.2, 0) is 5.41 Å². The van der Waals surface area contributed by atoms with Crippen molar-refractivity contribution in [2.24, 2.45) is 0 Å². The number of hydrogen-bond donors (Lipinski definition) is 0. The zero-order chi connectivity index (χ0) is 32.8. The number of ether oxygens (including phenoxy) is 1. The zero-order valence-electron chi connectivity index (χ0n) is 27.0. The largest absolute Gasteiger partial charge is 0.456 e. The molecule has 1 spiro atoms. The van der Waals surface area contributed by atoms with Crippen molar-refractivity contribution in [1.29, 1.82) is 0 Å². The number of nitrogens with zero attached hydrogens (tertiary/aromatic N) is 1. The molecule has 0 bridgehead atoms. The van der Waals surface area contributed by atoms with Crippen LogP contribution in [0.3, 0.4) is 0 Å². The molecule has 0 saturated carbocycles. The van der Waals surface area contributed by atoms with E-state index in [-0.39, 0.29) is 0 Å². The van der Waals surface area contributed by atoms with Crippen molar-refractivity contribution in [3.05, 3.63) is 198 Å². The molecule has 3 heteroatoms. The Kier molecular flexibility index (Phi) is 5.59. The van der Waals surface area contributed by atoms with Gasteiger partial charge in [-0.3, -0.25) is 0 Å². The first-order valence-corrected chi connectivity index (χ1v) is 17.1. The maximum Gasteiger partial charge on any atom is 0.140 e. The van der Waals surface area contributed by atoms with Crippen LogP contribution in [0.25, 0.3) is 43.8 Å². The fourth-order valence-electron chi connectivity index (χ4n) is 8.77. The molecule has 2 aliphatic rings. The van der Waals surface area contributed by atoms with E-state index in [0.717, 1.165) is 72.4 Å². The van der Waals surface area contributed by atoms with E-state index in [2.05, 4.69) is 175 Å². The summed E-state index contributed by atoms with van der Waals surface area (Å²) in [5.41, 5.74) is 11.7. The number of fused-ring (bicyclic) bond motifs is 14. The molecule has 11 rings (SSSR count). The van der Waals surface area contributed by atoms with E-state index in [1.165, 1.54) is 22.3 Å². The van der Waals surface area contributed by atoms with Gasteiger partial charge in [-0.15, -0.1) is 0 Å². The summed E-state index contributed by atoms with van der Waals surface area (Å²) in [5, 5.41) is 4.48. The molecule has 2 heterocycles. The molecule has 1 aliphatic heterocycles. The third-order valence-corrected chi connectivity index (χ3v) is 10.7. The second kappa shape index (κ2) is 10.2. The molecule has 1 atom stereocenters. The molecular weight excluding hydrogens is 611 g/mol. The van der Waals surface area contributed by atoms with Gasteiger partial charge in [0, 0.05) is 33.2 Å². The fourth-order valence-corrected chi connectivity index (χ4v) is 8.77. The summed E-state index contributed by atoms with van der Waals surface area (Å²) < 4.78 is 13.3. The molecule has 0 saturated heterocycles. The van der Waals surface area contributed by atoms with E-state index >= 15 is 0 Å². The number of furan rings is 1. The fraction of sp³-hybridized carbons (Fsp3) is 0.0213. The van der Waals surface area contributed by atoms with Gasteiger partial charge in [-0.25, -0.2) is 0 Å². The van der Waals surface area contributed by atoms with Crippen LogP contribution < -0.4 is 9.64 Å². The lowest BCUT2D eigenvalue weighted by Gasteiger charge is -2.40. The highest BCUT2D eigenvalue weighted by Crippen LogP contribution is 2.65. The van der Waals surface area contributed by atoms with Gasteiger partial charge in [0.15, 0.2) is 0 Å². The maximum atomic E-state index is 6.88. The topological polar surface area (TPSA) is 25.6 Å². The zero-order valence-corrected chi connectivity index (χ0v) is 27.0. The average molecular weight is 640 g/mol. The Morgan fingerprint density at radius 3 is 2.04 bits per heavy atom. The van der Waals surface area contributed by atoms with Crippen LogP contribution in [0.4, 0.5) is 17.1 Å². The molecule has 3 nitrogen and oxygen atoms in total. The van der Waals surface area contributed by atoms with Crippen molar-refractivity contribution in [3.8, 4) is 22.6 Å². The Morgan fingerprint density at radius 2 is 1.12 bits per heavy atom. The van der Waals surface area contributed by atoms with E-state index in [1.54, 1.807) is 0 Å². The molecule has 50 heavy (non-hydrogen) atoms. The Bertz CT molecular complexity index is 2810. The molecule has 9 aromatic rings. The van der Waals surface area contributed by atoms with E-state index < -0.39 is 5.41 Å². The number of benzene rings is 8. The first kappa shape index (κ1) is 27.4. The minimum absolute atomic E-state index is 0.590. The Hall–Kier alpha value is -6.58. The van der Waals surface area contributed by atoms with Crippen molar-refractivity contribution >= 4 is 49.8 Å². The molecule has 1 unspecified atom stereocenters. The van der Waals surface area contributed by atoms with Gasteiger partial charge in [-0.2, -0.15) is 0 Å². The third kappa shape index (κ3) is 3.53. The van der Waals surface area contributed by atoms with Gasteiger partial charge in [-0.1, -0.05) is 133 Å². The van der Waals surface area contributed by atoms with E-state index in [1.807, 2.05) is 6.07 Å². The first-order valence-electron chi connectivity index (χ1n) is 17.1. The molecule has 8 aromatic carbocycles. The van der Waals surface area contributed by atoms with Gasteiger partial charge in [0.1, 0.15) is 22.7 Å². The van der Waals surface area contributed by atoms with Crippen LogP contribution in [0, 0.1) is 0 Å². The summed E-state index contributed by atoms with van der Waals surface area (Å²) in [6.07, 6.45) is 0. The van der Waals surface area contributed by atoms with E-state index in [4.69, 9.17) is 9.15 Å². The molecule has 0 amide bonds. The van der Waals surface area contributed by atoms with Crippen molar-refractivity contribution in [3.63, 3.8) is 0 Å². The molecule has 234 valence electrons. The van der Waals surface area contributed by atoms with E-state index in [0.29, 0.717) is 0 Å². The highest BCUT2D eigenvalue weighted by Gasteiger charge is 2.52. The molecule has 0 radical (unpaired) electrons. The lowest BCUT2D eigenvalue weighted by molar-refractivity contribution is 0.441. The number of rotatable bonds is 3. The second-order valence-electron chi connectivity index (χ2n) is 13.2. The van der Waals surface area contributed by atoms with Crippen LogP contribution in [0.2, 0.25) is 0 Å². The highest BCUT2D eigenvalue weighted by molar-refractivity contribution is 6.14. The smallest absolute Gasteiger partial charge is 0.140 e. The van der Waals surface area contributed by atoms with Gasteiger partial charge in [0.05, 0.1) is 22.2 Å². The minimum atomic E-state index is -0.590.